The molecule has 0 saturated carbocycles. The normalized spacial score (nSPS) is 21.4. The van der Waals surface area contributed by atoms with Crippen molar-refractivity contribution in [2.75, 3.05) is 26.9 Å². The lowest BCUT2D eigenvalue weighted by molar-refractivity contribution is -0.139. The fourth-order valence-corrected chi connectivity index (χ4v) is 5.95. The van der Waals surface area contributed by atoms with E-state index >= 15 is 0 Å². The quantitative estimate of drug-likeness (QED) is 0.514. The van der Waals surface area contributed by atoms with Crippen LogP contribution in [0.25, 0.3) is 0 Å². The van der Waals surface area contributed by atoms with Gasteiger partial charge in [0, 0.05) is 61.6 Å². The van der Waals surface area contributed by atoms with Crippen LogP contribution in [-0.2, 0) is 19.1 Å². The third-order valence-electron chi connectivity index (χ3n) is 7.31. The Labute approximate surface area is 213 Å². The Hall–Kier alpha value is -2.93. The number of ether oxygens (including phenoxy) is 2. The molecule has 36 heavy (non-hydrogen) atoms. The highest BCUT2D eigenvalue weighted by Gasteiger charge is 2.48. The summed E-state index contributed by atoms with van der Waals surface area (Å²) in [4.78, 5) is 40.8. The molecule has 2 aliphatic carbocycles. The maximum absolute atomic E-state index is 13.8. The summed E-state index contributed by atoms with van der Waals surface area (Å²) in [5.41, 5.74) is 3.85. The molecule has 0 fully saturated rings. The van der Waals surface area contributed by atoms with Gasteiger partial charge in [-0.3, -0.25) is 9.59 Å². The summed E-state index contributed by atoms with van der Waals surface area (Å²) < 4.78 is 10.8. The number of ketones is 2. The number of hydrogen-bond acceptors (Lipinski definition) is 6. The third-order valence-corrected chi connectivity index (χ3v) is 7.31. The third kappa shape index (κ3) is 5.26. The van der Waals surface area contributed by atoms with Gasteiger partial charge >= 0.3 is 5.97 Å². The number of carbonyl (C=O) groups excluding carboxylic acids is 2. The molecule has 0 radical (unpaired) electrons. The Kier molecular flexibility index (Phi) is 7.15. The molecule has 1 aromatic carbocycles. The van der Waals surface area contributed by atoms with Crippen molar-refractivity contribution in [1.29, 1.82) is 0 Å². The topological polar surface area (TPSA) is 93.1 Å². The van der Waals surface area contributed by atoms with Crippen LogP contribution in [0.4, 0.5) is 0 Å². The molecule has 1 N–H and O–H groups in total. The Morgan fingerprint density at radius 2 is 1.58 bits per heavy atom. The zero-order chi connectivity index (χ0) is 26.3. The maximum atomic E-state index is 13.8. The molecule has 0 saturated heterocycles. The van der Waals surface area contributed by atoms with E-state index in [2.05, 4.69) is 32.6 Å². The minimum absolute atomic E-state index is 0.0732. The molecule has 0 spiro atoms. The molecule has 194 valence electrons. The summed E-state index contributed by atoms with van der Waals surface area (Å²) in [6, 6.07) is 7.19. The van der Waals surface area contributed by atoms with E-state index in [-0.39, 0.29) is 22.4 Å². The van der Waals surface area contributed by atoms with Crippen LogP contribution in [0, 0.1) is 10.8 Å². The predicted molar refractivity (Wildman–Crippen MR) is 136 cm³/mol. The lowest BCUT2D eigenvalue weighted by Gasteiger charge is -2.49. The van der Waals surface area contributed by atoms with Gasteiger partial charge in [-0.1, -0.05) is 39.8 Å². The number of aliphatic carboxylic acids is 1. The number of methoxy groups -OCH3 is 1. The summed E-state index contributed by atoms with van der Waals surface area (Å²) in [6.07, 6.45) is 3.13. The monoisotopic (exact) mass is 495 g/mol. The largest absolute Gasteiger partial charge is 0.482 e. The number of carbonyl (C=O) groups is 3. The van der Waals surface area contributed by atoms with Crippen LogP contribution in [0.1, 0.15) is 71.3 Å². The van der Waals surface area contributed by atoms with Gasteiger partial charge in [-0.2, -0.15) is 0 Å². The smallest absolute Gasteiger partial charge is 0.341 e. The van der Waals surface area contributed by atoms with E-state index in [1.165, 1.54) is 0 Å². The van der Waals surface area contributed by atoms with Crippen molar-refractivity contribution >= 4 is 17.5 Å². The molecule has 0 unspecified atom stereocenters. The van der Waals surface area contributed by atoms with Gasteiger partial charge in [-0.05, 0) is 47.8 Å². The van der Waals surface area contributed by atoms with Crippen molar-refractivity contribution < 1.29 is 29.0 Å². The second-order valence-electron chi connectivity index (χ2n) is 11.8. The van der Waals surface area contributed by atoms with Crippen molar-refractivity contribution in [1.82, 2.24) is 4.90 Å². The molecular weight excluding hydrogens is 458 g/mol. The Bertz CT molecular complexity index is 1090. The predicted octanol–water partition coefficient (Wildman–Crippen LogP) is 4.87. The van der Waals surface area contributed by atoms with Crippen LogP contribution in [0.2, 0.25) is 0 Å². The van der Waals surface area contributed by atoms with Gasteiger partial charge in [0.25, 0.3) is 0 Å². The summed E-state index contributed by atoms with van der Waals surface area (Å²) in [5.74, 6) is -0.981. The summed E-state index contributed by atoms with van der Waals surface area (Å²) in [5, 5.41) is 9.04. The van der Waals surface area contributed by atoms with Gasteiger partial charge < -0.3 is 19.5 Å². The average Bonchev–Trinajstić information content (AvgIpc) is 2.76. The number of allylic oxidation sites excluding steroid dienone is 4. The van der Waals surface area contributed by atoms with Crippen LogP contribution >= 0.6 is 0 Å². The zero-order valence-electron chi connectivity index (χ0n) is 22.0. The summed E-state index contributed by atoms with van der Waals surface area (Å²) in [6.45, 7) is 9.32. The second-order valence-corrected chi connectivity index (χ2v) is 11.8. The molecule has 0 aromatic heterocycles. The second kappa shape index (κ2) is 9.85. The van der Waals surface area contributed by atoms with E-state index in [9.17, 15) is 14.4 Å². The van der Waals surface area contributed by atoms with Crippen LogP contribution in [0.3, 0.4) is 0 Å². The molecular formula is C29H37NO6. The van der Waals surface area contributed by atoms with Gasteiger partial charge in [0.2, 0.25) is 0 Å². The van der Waals surface area contributed by atoms with Crippen LogP contribution in [0.15, 0.2) is 46.8 Å². The maximum Gasteiger partial charge on any atom is 0.341 e. The van der Waals surface area contributed by atoms with Gasteiger partial charge in [0.15, 0.2) is 18.2 Å². The van der Waals surface area contributed by atoms with E-state index in [4.69, 9.17) is 14.6 Å². The number of carboxylic acid groups (broad SMARTS) is 1. The molecule has 7 nitrogen and oxygen atoms in total. The number of rotatable bonds is 8. The molecule has 0 atom stereocenters. The van der Waals surface area contributed by atoms with Crippen molar-refractivity contribution in [3.05, 3.63) is 52.4 Å². The molecule has 4 rings (SSSR count). The first kappa shape index (κ1) is 26.1. The SMILES string of the molecule is COCCCN1C2=C(C(=O)CC(C)(C)C2)C(c2cccc(OCC(=O)O)c2)C2=C1CC(C)(C)CC2=O. The van der Waals surface area contributed by atoms with Crippen LogP contribution < -0.4 is 4.74 Å². The van der Waals surface area contributed by atoms with E-state index in [0.717, 1.165) is 36.2 Å². The highest BCUT2D eigenvalue weighted by molar-refractivity contribution is 6.06. The first-order valence-electron chi connectivity index (χ1n) is 12.7. The Morgan fingerprint density at radius 3 is 2.11 bits per heavy atom. The number of benzene rings is 1. The fraction of sp³-hybridized carbons (Fsp3) is 0.552. The number of hydrogen-bond donors (Lipinski definition) is 1. The molecule has 0 amide bonds. The Morgan fingerprint density at radius 1 is 1.00 bits per heavy atom. The lowest BCUT2D eigenvalue weighted by atomic mass is 9.63. The van der Waals surface area contributed by atoms with E-state index in [1.807, 2.05) is 6.07 Å². The van der Waals surface area contributed by atoms with Crippen LogP contribution in [-0.4, -0.2) is 54.4 Å². The number of Topliss-reactive ketones (excluding diaryl/α,β-unsaturated/α-hetero) is 2. The zero-order valence-corrected chi connectivity index (χ0v) is 22.0. The molecule has 1 aliphatic heterocycles. The van der Waals surface area contributed by atoms with Crippen molar-refractivity contribution in [2.24, 2.45) is 10.8 Å². The standard InChI is InChI=1S/C29H37NO6/c1-28(2)13-20-26(22(31)15-28)25(18-8-6-9-19(12-18)36-17-24(33)34)27-21(30(20)10-7-11-35-5)14-29(3,4)16-23(27)32/h6,8-9,12,25H,7,10-11,13-17H2,1-5H3,(H,33,34). The van der Waals surface area contributed by atoms with Gasteiger partial charge in [-0.25, -0.2) is 4.79 Å². The van der Waals surface area contributed by atoms with Crippen molar-refractivity contribution in [2.45, 2.75) is 65.7 Å². The first-order chi connectivity index (χ1) is 16.9. The van der Waals surface area contributed by atoms with E-state index in [0.29, 0.717) is 42.9 Å². The van der Waals surface area contributed by atoms with E-state index < -0.39 is 18.5 Å². The van der Waals surface area contributed by atoms with Crippen LogP contribution in [0.5, 0.6) is 5.75 Å². The highest BCUT2D eigenvalue weighted by Crippen LogP contribution is 2.54. The highest BCUT2D eigenvalue weighted by atomic mass is 16.5. The number of carboxylic acids is 1. The van der Waals surface area contributed by atoms with Crippen molar-refractivity contribution in [3.8, 4) is 5.75 Å². The molecule has 7 heteroatoms. The average molecular weight is 496 g/mol. The minimum Gasteiger partial charge on any atom is -0.482 e. The first-order valence-corrected chi connectivity index (χ1v) is 12.7. The summed E-state index contributed by atoms with van der Waals surface area (Å²) >= 11 is 0. The molecule has 1 heterocycles. The minimum atomic E-state index is -1.06. The van der Waals surface area contributed by atoms with E-state index in [1.54, 1.807) is 25.3 Å². The van der Waals surface area contributed by atoms with Crippen molar-refractivity contribution in [3.63, 3.8) is 0 Å². The van der Waals surface area contributed by atoms with Gasteiger partial charge in [0.1, 0.15) is 5.75 Å². The number of nitrogens with zero attached hydrogens (tertiary/aromatic N) is 1. The molecule has 0 bridgehead atoms. The van der Waals surface area contributed by atoms with Gasteiger partial charge in [0.05, 0.1) is 0 Å². The fourth-order valence-electron chi connectivity index (χ4n) is 5.95. The Balaban J connectivity index is 1.90. The summed E-state index contributed by atoms with van der Waals surface area (Å²) in [7, 11) is 1.68. The lowest BCUT2D eigenvalue weighted by Crippen LogP contribution is -2.44. The molecule has 1 aromatic rings. The molecule has 3 aliphatic rings. The van der Waals surface area contributed by atoms with Gasteiger partial charge in [-0.15, -0.1) is 0 Å².